The van der Waals surface area contributed by atoms with Crippen LogP contribution in [0.2, 0.25) is 10.0 Å². The molecule has 5 heteroatoms. The molecule has 1 atom stereocenters. The van der Waals surface area contributed by atoms with Gasteiger partial charge in [-0.15, -0.1) is 0 Å². The quantitative estimate of drug-likeness (QED) is 0.824. The lowest BCUT2D eigenvalue weighted by Crippen LogP contribution is -2.38. The number of amides is 1. The van der Waals surface area contributed by atoms with E-state index in [2.05, 4.69) is 5.32 Å². The zero-order chi connectivity index (χ0) is 10.8. The van der Waals surface area contributed by atoms with Crippen molar-refractivity contribution in [1.29, 1.82) is 0 Å². The highest BCUT2D eigenvalue weighted by Crippen LogP contribution is 2.32. The minimum atomic E-state index is -0.260. The molecule has 1 N–H and O–H groups in total. The predicted octanol–water partition coefficient (Wildman–Crippen LogP) is 2.18. The van der Waals surface area contributed by atoms with E-state index in [1.165, 1.54) is 0 Å². The molecule has 1 aliphatic heterocycles. The van der Waals surface area contributed by atoms with Crippen molar-refractivity contribution in [3.8, 4) is 0 Å². The molecular weight excluding hydrogens is 237 g/mol. The van der Waals surface area contributed by atoms with Gasteiger partial charge in [-0.25, -0.2) is 0 Å². The molecule has 1 saturated heterocycles. The van der Waals surface area contributed by atoms with Crippen molar-refractivity contribution in [3.63, 3.8) is 0 Å². The summed E-state index contributed by atoms with van der Waals surface area (Å²) in [6, 6.07) is 5.28. The lowest BCUT2D eigenvalue weighted by molar-refractivity contribution is -0.133. The van der Waals surface area contributed by atoms with Crippen LogP contribution in [0.3, 0.4) is 0 Å². The van der Waals surface area contributed by atoms with Gasteiger partial charge in [0, 0.05) is 22.2 Å². The van der Waals surface area contributed by atoms with Gasteiger partial charge in [-0.3, -0.25) is 4.79 Å². The van der Waals surface area contributed by atoms with Crippen LogP contribution in [0.25, 0.3) is 0 Å². The van der Waals surface area contributed by atoms with Crippen molar-refractivity contribution in [2.45, 2.75) is 6.10 Å². The molecule has 1 amide bonds. The number of carbonyl (C=O) groups excluding carboxylic acids is 1. The highest BCUT2D eigenvalue weighted by molar-refractivity contribution is 6.36. The number of ether oxygens (including phenoxy) is 1. The van der Waals surface area contributed by atoms with Crippen molar-refractivity contribution < 1.29 is 9.53 Å². The average molecular weight is 246 g/mol. The maximum Gasteiger partial charge on any atom is 0.246 e. The average Bonchev–Trinajstić information content (AvgIpc) is 2.20. The second kappa shape index (κ2) is 4.39. The van der Waals surface area contributed by atoms with Gasteiger partial charge in [0.2, 0.25) is 5.91 Å². The third-order valence-corrected chi connectivity index (χ3v) is 2.88. The van der Waals surface area contributed by atoms with Crippen LogP contribution in [0.1, 0.15) is 11.7 Å². The molecule has 80 valence electrons. The topological polar surface area (TPSA) is 38.3 Å². The minimum Gasteiger partial charge on any atom is -0.362 e. The van der Waals surface area contributed by atoms with Crippen molar-refractivity contribution in [2.24, 2.45) is 0 Å². The lowest BCUT2D eigenvalue weighted by atomic mass is 10.1. The van der Waals surface area contributed by atoms with Crippen LogP contribution in [-0.2, 0) is 9.53 Å². The number of hydrogen-bond donors (Lipinski definition) is 1. The maximum absolute atomic E-state index is 10.9. The Bertz CT molecular complexity index is 365. The molecule has 15 heavy (non-hydrogen) atoms. The molecule has 3 nitrogen and oxygen atoms in total. The normalized spacial score (nSPS) is 21.2. The molecule has 1 aromatic rings. The number of rotatable bonds is 1. The first-order chi connectivity index (χ1) is 7.18. The summed E-state index contributed by atoms with van der Waals surface area (Å²) in [5, 5.41) is 3.82. The highest BCUT2D eigenvalue weighted by Gasteiger charge is 2.23. The molecule has 0 aliphatic carbocycles. The van der Waals surface area contributed by atoms with Crippen LogP contribution in [0.4, 0.5) is 0 Å². The van der Waals surface area contributed by atoms with E-state index in [9.17, 15) is 4.79 Å². The standard InChI is InChI=1S/C10H9Cl2NO2/c11-6-2-1-3-7(12)10(6)8-4-13-9(14)5-15-8/h1-3,8H,4-5H2,(H,13,14)/t8-/m0/s1. The first-order valence-corrected chi connectivity index (χ1v) is 5.26. The molecule has 2 rings (SSSR count). The Hall–Kier alpha value is -0.770. The predicted molar refractivity (Wildman–Crippen MR) is 58.2 cm³/mol. The second-order valence-corrected chi connectivity index (χ2v) is 4.05. The van der Waals surface area contributed by atoms with Gasteiger partial charge in [0.1, 0.15) is 12.7 Å². The van der Waals surface area contributed by atoms with Crippen LogP contribution in [0.5, 0.6) is 0 Å². The van der Waals surface area contributed by atoms with Crippen molar-refractivity contribution in [2.75, 3.05) is 13.2 Å². The van der Waals surface area contributed by atoms with Crippen LogP contribution in [-0.4, -0.2) is 19.1 Å². The summed E-state index contributed by atoms with van der Waals surface area (Å²) in [4.78, 5) is 10.9. The number of hydrogen-bond acceptors (Lipinski definition) is 2. The number of halogens is 2. The Balaban J connectivity index is 2.26. The number of benzene rings is 1. The molecule has 1 aromatic carbocycles. The SMILES string of the molecule is O=C1CO[C@H](c2c(Cl)cccc2Cl)CN1. The molecule has 0 radical (unpaired) electrons. The summed E-state index contributed by atoms with van der Waals surface area (Å²) < 4.78 is 5.36. The zero-order valence-corrected chi connectivity index (χ0v) is 9.31. The van der Waals surface area contributed by atoms with Gasteiger partial charge in [0.25, 0.3) is 0 Å². The summed E-state index contributed by atoms with van der Waals surface area (Å²) in [6.07, 6.45) is -0.260. The fourth-order valence-corrected chi connectivity index (χ4v) is 2.14. The van der Waals surface area contributed by atoms with Crippen LogP contribution >= 0.6 is 23.2 Å². The Labute approximate surface area is 97.3 Å². The third-order valence-electron chi connectivity index (χ3n) is 2.22. The molecular formula is C10H9Cl2NO2. The zero-order valence-electron chi connectivity index (χ0n) is 7.80. The van der Waals surface area contributed by atoms with E-state index >= 15 is 0 Å². The third kappa shape index (κ3) is 2.25. The van der Waals surface area contributed by atoms with Crippen molar-refractivity contribution in [1.82, 2.24) is 5.32 Å². The fourth-order valence-electron chi connectivity index (χ4n) is 1.50. The van der Waals surface area contributed by atoms with Crippen molar-refractivity contribution in [3.05, 3.63) is 33.8 Å². The number of morpholine rings is 1. The molecule has 1 fully saturated rings. The van der Waals surface area contributed by atoms with Gasteiger partial charge in [0.05, 0.1) is 0 Å². The second-order valence-electron chi connectivity index (χ2n) is 3.24. The van der Waals surface area contributed by atoms with E-state index in [4.69, 9.17) is 27.9 Å². The van der Waals surface area contributed by atoms with Crippen LogP contribution in [0, 0.1) is 0 Å². The van der Waals surface area contributed by atoms with E-state index < -0.39 is 0 Å². The van der Waals surface area contributed by atoms with Gasteiger partial charge in [-0.1, -0.05) is 29.3 Å². The molecule has 1 aliphatic rings. The summed E-state index contributed by atoms with van der Waals surface area (Å²) in [7, 11) is 0. The first kappa shape index (κ1) is 10.7. The van der Waals surface area contributed by atoms with Gasteiger partial charge >= 0.3 is 0 Å². The van der Waals surface area contributed by atoms with Gasteiger partial charge in [-0.2, -0.15) is 0 Å². The Kier molecular flexibility index (Phi) is 3.14. The fraction of sp³-hybridized carbons (Fsp3) is 0.300. The van der Waals surface area contributed by atoms with E-state index in [1.807, 2.05) is 0 Å². The smallest absolute Gasteiger partial charge is 0.246 e. The molecule has 1 heterocycles. The molecule has 0 bridgehead atoms. The summed E-state index contributed by atoms with van der Waals surface area (Å²) in [5.41, 5.74) is 0.737. The lowest BCUT2D eigenvalue weighted by Gasteiger charge is -2.24. The Morgan fingerprint density at radius 1 is 1.33 bits per heavy atom. The Morgan fingerprint density at radius 3 is 2.53 bits per heavy atom. The molecule has 0 aromatic heterocycles. The number of carbonyl (C=O) groups is 1. The largest absolute Gasteiger partial charge is 0.362 e. The van der Waals surface area contributed by atoms with Crippen LogP contribution < -0.4 is 5.32 Å². The molecule has 0 saturated carbocycles. The summed E-state index contributed by atoms with van der Waals surface area (Å²) >= 11 is 12.0. The highest BCUT2D eigenvalue weighted by atomic mass is 35.5. The summed E-state index contributed by atoms with van der Waals surface area (Å²) in [6.45, 7) is 0.453. The van der Waals surface area contributed by atoms with E-state index in [0.29, 0.717) is 16.6 Å². The van der Waals surface area contributed by atoms with E-state index in [1.54, 1.807) is 18.2 Å². The molecule has 0 unspecified atom stereocenters. The first-order valence-electron chi connectivity index (χ1n) is 4.50. The Morgan fingerprint density at radius 2 is 2.00 bits per heavy atom. The summed E-state index contributed by atoms with van der Waals surface area (Å²) in [5.74, 6) is -0.116. The van der Waals surface area contributed by atoms with E-state index in [0.717, 1.165) is 5.56 Å². The monoisotopic (exact) mass is 245 g/mol. The minimum absolute atomic E-state index is 0.0478. The van der Waals surface area contributed by atoms with Gasteiger partial charge in [0.15, 0.2) is 0 Å². The van der Waals surface area contributed by atoms with Crippen molar-refractivity contribution >= 4 is 29.1 Å². The van der Waals surface area contributed by atoms with E-state index in [-0.39, 0.29) is 18.6 Å². The van der Waals surface area contributed by atoms with Gasteiger partial charge < -0.3 is 10.1 Å². The maximum atomic E-state index is 10.9. The number of nitrogens with one attached hydrogen (secondary N) is 1. The molecule has 0 spiro atoms. The van der Waals surface area contributed by atoms with Gasteiger partial charge in [-0.05, 0) is 12.1 Å². The van der Waals surface area contributed by atoms with Crippen LogP contribution in [0.15, 0.2) is 18.2 Å².